The summed E-state index contributed by atoms with van der Waals surface area (Å²) in [6, 6.07) is 9.52. The Hall–Kier alpha value is -2.80. The number of carbonyl (C=O) groups is 1. The van der Waals surface area contributed by atoms with Crippen LogP contribution in [0.3, 0.4) is 0 Å². The van der Waals surface area contributed by atoms with Gasteiger partial charge in [-0.3, -0.25) is 14.4 Å². The van der Waals surface area contributed by atoms with Gasteiger partial charge in [0.2, 0.25) is 5.91 Å². The molecule has 1 aliphatic rings. The van der Waals surface area contributed by atoms with Crippen molar-refractivity contribution >= 4 is 5.91 Å². The minimum absolute atomic E-state index is 0.00492. The monoisotopic (exact) mass is 340 g/mol. The van der Waals surface area contributed by atoms with E-state index in [4.69, 9.17) is 8.83 Å². The summed E-state index contributed by atoms with van der Waals surface area (Å²) in [6.07, 6.45) is 5.46. The van der Waals surface area contributed by atoms with Crippen molar-refractivity contribution in [3.63, 3.8) is 0 Å². The summed E-state index contributed by atoms with van der Waals surface area (Å²) in [6.45, 7) is 2.68. The van der Waals surface area contributed by atoms with Gasteiger partial charge in [0, 0.05) is 19.3 Å². The molecular weight excluding hydrogens is 320 g/mol. The van der Waals surface area contributed by atoms with Crippen LogP contribution in [0.5, 0.6) is 0 Å². The molecule has 0 unspecified atom stereocenters. The summed E-state index contributed by atoms with van der Waals surface area (Å²) in [5.41, 5.74) is 1.11. The van der Waals surface area contributed by atoms with Gasteiger partial charge < -0.3 is 14.2 Å². The lowest BCUT2D eigenvalue weighted by Gasteiger charge is -2.33. The van der Waals surface area contributed by atoms with Crippen LogP contribution < -0.4 is 5.32 Å². The van der Waals surface area contributed by atoms with E-state index in [0.717, 1.165) is 36.8 Å². The van der Waals surface area contributed by atoms with Crippen molar-refractivity contribution in [2.45, 2.75) is 32.1 Å². The highest BCUT2D eigenvalue weighted by molar-refractivity contribution is 5.76. The number of amides is 1. The molecule has 1 atom stereocenters. The summed E-state index contributed by atoms with van der Waals surface area (Å²) < 4.78 is 12.7. The second-order valence-corrected chi connectivity index (χ2v) is 6.23. The predicted molar refractivity (Wildman–Crippen MR) is 89.3 cm³/mol. The van der Waals surface area contributed by atoms with E-state index in [1.54, 1.807) is 18.7 Å². The molecule has 0 saturated heterocycles. The van der Waals surface area contributed by atoms with E-state index in [9.17, 15) is 4.79 Å². The van der Waals surface area contributed by atoms with E-state index in [1.807, 2.05) is 35.0 Å². The lowest BCUT2D eigenvalue weighted by molar-refractivity contribution is -0.122. The van der Waals surface area contributed by atoms with Crippen molar-refractivity contribution in [1.29, 1.82) is 0 Å². The van der Waals surface area contributed by atoms with Crippen LogP contribution in [-0.2, 0) is 24.4 Å². The standard InChI is InChI=1S/C18H20N4O3/c23-18(19-10-16-3-1-7-24-16)9-15-12-21(13-17-4-2-8-25-17)11-14-5-6-20-22(14)15/h1-8,15H,9-13H2,(H,19,23)/t15-/m0/s1. The fourth-order valence-electron chi connectivity index (χ4n) is 3.24. The van der Waals surface area contributed by atoms with Crippen LogP contribution >= 0.6 is 0 Å². The number of fused-ring (bicyclic) bond motifs is 1. The molecule has 130 valence electrons. The second kappa shape index (κ2) is 6.98. The molecule has 25 heavy (non-hydrogen) atoms. The first-order valence-corrected chi connectivity index (χ1v) is 8.34. The van der Waals surface area contributed by atoms with Crippen LogP contribution in [0.1, 0.15) is 29.7 Å². The zero-order valence-electron chi connectivity index (χ0n) is 13.8. The van der Waals surface area contributed by atoms with Crippen molar-refractivity contribution in [2.24, 2.45) is 0 Å². The van der Waals surface area contributed by atoms with Crippen LogP contribution in [0.25, 0.3) is 0 Å². The van der Waals surface area contributed by atoms with Gasteiger partial charge in [-0.15, -0.1) is 0 Å². The fraction of sp³-hybridized carbons (Fsp3) is 0.333. The van der Waals surface area contributed by atoms with Gasteiger partial charge in [0.15, 0.2) is 0 Å². The Labute approximate surface area is 145 Å². The van der Waals surface area contributed by atoms with E-state index >= 15 is 0 Å². The lowest BCUT2D eigenvalue weighted by Crippen LogP contribution is -2.39. The van der Waals surface area contributed by atoms with Gasteiger partial charge in [-0.1, -0.05) is 0 Å². The molecule has 7 nitrogen and oxygen atoms in total. The zero-order valence-corrected chi connectivity index (χ0v) is 13.8. The summed E-state index contributed by atoms with van der Waals surface area (Å²) in [7, 11) is 0. The molecule has 3 aromatic heterocycles. The van der Waals surface area contributed by atoms with Crippen molar-refractivity contribution in [2.75, 3.05) is 6.54 Å². The van der Waals surface area contributed by atoms with Crippen molar-refractivity contribution < 1.29 is 13.6 Å². The van der Waals surface area contributed by atoms with Crippen LogP contribution in [0.4, 0.5) is 0 Å². The first-order chi connectivity index (χ1) is 12.3. The maximum absolute atomic E-state index is 12.3. The van der Waals surface area contributed by atoms with Crippen LogP contribution in [0, 0.1) is 0 Å². The summed E-state index contributed by atoms with van der Waals surface area (Å²) in [4.78, 5) is 14.6. The van der Waals surface area contributed by atoms with E-state index in [-0.39, 0.29) is 11.9 Å². The third-order valence-electron chi connectivity index (χ3n) is 4.37. The molecule has 0 spiro atoms. The number of aromatic nitrogens is 2. The highest BCUT2D eigenvalue weighted by atomic mass is 16.3. The molecule has 0 saturated carbocycles. The van der Waals surface area contributed by atoms with Gasteiger partial charge in [-0.05, 0) is 30.3 Å². The third kappa shape index (κ3) is 3.66. The van der Waals surface area contributed by atoms with Gasteiger partial charge >= 0.3 is 0 Å². The Morgan fingerprint density at radius 1 is 1.20 bits per heavy atom. The van der Waals surface area contributed by atoms with E-state index in [1.165, 1.54) is 0 Å². The minimum atomic E-state index is -0.0114. The largest absolute Gasteiger partial charge is 0.468 e. The Balaban J connectivity index is 1.40. The molecule has 0 aromatic carbocycles. The molecule has 1 N–H and O–H groups in total. The van der Waals surface area contributed by atoms with Gasteiger partial charge in [0.1, 0.15) is 11.5 Å². The SMILES string of the molecule is O=C(C[C@H]1CN(Cc2ccco2)Cc2ccnn21)NCc1ccco1. The molecule has 7 heteroatoms. The molecule has 0 radical (unpaired) electrons. The number of nitrogens with one attached hydrogen (secondary N) is 1. The highest BCUT2D eigenvalue weighted by Gasteiger charge is 2.27. The number of nitrogens with zero attached hydrogens (tertiary/aromatic N) is 3. The van der Waals surface area contributed by atoms with E-state index in [0.29, 0.717) is 13.0 Å². The third-order valence-corrected chi connectivity index (χ3v) is 4.37. The Morgan fingerprint density at radius 3 is 2.76 bits per heavy atom. The maximum atomic E-state index is 12.3. The normalized spacial score (nSPS) is 17.4. The van der Waals surface area contributed by atoms with Gasteiger partial charge in [0.05, 0.1) is 43.8 Å². The van der Waals surface area contributed by atoms with Crippen molar-refractivity contribution in [3.05, 3.63) is 66.3 Å². The maximum Gasteiger partial charge on any atom is 0.222 e. The Kier molecular flexibility index (Phi) is 4.39. The van der Waals surface area contributed by atoms with Crippen LogP contribution in [-0.4, -0.2) is 27.1 Å². The number of hydrogen-bond acceptors (Lipinski definition) is 5. The fourth-order valence-corrected chi connectivity index (χ4v) is 3.24. The first-order valence-electron chi connectivity index (χ1n) is 8.34. The highest BCUT2D eigenvalue weighted by Crippen LogP contribution is 2.24. The predicted octanol–water partition coefficient (Wildman–Crippen LogP) is 2.33. The van der Waals surface area contributed by atoms with Gasteiger partial charge in [-0.2, -0.15) is 5.10 Å². The molecule has 0 bridgehead atoms. The molecule has 4 rings (SSSR count). The molecule has 0 fully saturated rings. The molecule has 1 amide bonds. The number of carbonyl (C=O) groups excluding carboxylic acids is 1. The molecule has 4 heterocycles. The van der Waals surface area contributed by atoms with Crippen molar-refractivity contribution in [3.8, 4) is 0 Å². The zero-order chi connectivity index (χ0) is 17.1. The second-order valence-electron chi connectivity index (χ2n) is 6.23. The summed E-state index contributed by atoms with van der Waals surface area (Å²) in [5.74, 6) is 1.66. The minimum Gasteiger partial charge on any atom is -0.468 e. The Bertz CT molecular complexity index is 807. The molecule has 1 aliphatic heterocycles. The number of furan rings is 2. The Morgan fingerprint density at radius 2 is 2.00 bits per heavy atom. The number of hydrogen-bond donors (Lipinski definition) is 1. The molecule has 0 aliphatic carbocycles. The number of rotatable bonds is 6. The van der Waals surface area contributed by atoms with E-state index < -0.39 is 0 Å². The van der Waals surface area contributed by atoms with Gasteiger partial charge in [0.25, 0.3) is 0 Å². The molecule has 3 aromatic rings. The summed E-state index contributed by atoms with van der Waals surface area (Å²) >= 11 is 0. The lowest BCUT2D eigenvalue weighted by atomic mass is 10.1. The van der Waals surface area contributed by atoms with Crippen molar-refractivity contribution in [1.82, 2.24) is 20.0 Å². The topological polar surface area (TPSA) is 76.4 Å². The first kappa shape index (κ1) is 15.7. The van der Waals surface area contributed by atoms with Gasteiger partial charge in [-0.25, -0.2) is 0 Å². The van der Waals surface area contributed by atoms with E-state index in [2.05, 4.69) is 15.3 Å². The van der Waals surface area contributed by atoms with Crippen LogP contribution in [0.2, 0.25) is 0 Å². The van der Waals surface area contributed by atoms with Crippen LogP contribution in [0.15, 0.2) is 57.9 Å². The molecular formula is C18H20N4O3. The summed E-state index contributed by atoms with van der Waals surface area (Å²) in [5, 5.41) is 7.31. The quantitative estimate of drug-likeness (QED) is 0.745. The average Bonchev–Trinajstić information content (AvgIpc) is 3.35. The average molecular weight is 340 g/mol. The smallest absolute Gasteiger partial charge is 0.222 e.